The van der Waals surface area contributed by atoms with Gasteiger partial charge in [0.25, 0.3) is 5.56 Å². The molecule has 0 atom stereocenters. The summed E-state index contributed by atoms with van der Waals surface area (Å²) in [6, 6.07) is 15.7. The number of benzene rings is 2. The average Bonchev–Trinajstić information content (AvgIpc) is 3.39. The van der Waals surface area contributed by atoms with E-state index >= 15 is 0 Å². The van der Waals surface area contributed by atoms with E-state index in [0.29, 0.717) is 15.2 Å². The molecule has 0 fully saturated rings. The van der Waals surface area contributed by atoms with Crippen molar-refractivity contribution in [1.29, 1.82) is 5.26 Å². The molecule has 0 amide bonds. The van der Waals surface area contributed by atoms with Crippen LogP contribution in [0.5, 0.6) is 0 Å². The molecule has 34 heavy (non-hydrogen) atoms. The molecule has 0 spiro atoms. The van der Waals surface area contributed by atoms with Gasteiger partial charge in [-0.2, -0.15) is 5.26 Å². The van der Waals surface area contributed by atoms with Crippen LogP contribution in [0.3, 0.4) is 0 Å². The fourth-order valence-corrected chi connectivity index (χ4v) is 5.94. The van der Waals surface area contributed by atoms with E-state index < -0.39 is 0 Å². The Bertz CT molecular complexity index is 1680. The molecule has 3 aromatic heterocycles. The molecule has 0 bridgehead atoms. The van der Waals surface area contributed by atoms with Crippen molar-refractivity contribution in [3.63, 3.8) is 0 Å². The highest BCUT2D eigenvalue weighted by molar-refractivity contribution is 7.19. The lowest BCUT2D eigenvalue weighted by molar-refractivity contribution is 0.376. The zero-order valence-electron chi connectivity index (χ0n) is 18.8. The van der Waals surface area contributed by atoms with Gasteiger partial charge in [-0.1, -0.05) is 30.3 Å². The second kappa shape index (κ2) is 8.52. The lowest BCUT2D eigenvalue weighted by Crippen LogP contribution is -2.21. The molecule has 2 aromatic carbocycles. The van der Waals surface area contributed by atoms with Gasteiger partial charge in [-0.3, -0.25) is 9.36 Å². The number of nitrogens with zero attached hydrogens (tertiary/aromatic N) is 4. The first-order valence-electron chi connectivity index (χ1n) is 10.6. The number of hydrogen-bond acceptors (Lipinski definition) is 7. The first-order chi connectivity index (χ1) is 16.4. The Hall–Kier alpha value is -3.80. The number of thiazole rings is 1. The molecular weight excluding hydrogens is 464 g/mol. The molecule has 0 aliphatic carbocycles. The van der Waals surface area contributed by atoms with Crippen LogP contribution in [0.4, 0.5) is 0 Å². The second-order valence-electron chi connectivity index (χ2n) is 8.11. The van der Waals surface area contributed by atoms with Gasteiger partial charge >= 0.3 is 0 Å². The van der Waals surface area contributed by atoms with Gasteiger partial charge in [0.15, 0.2) is 0 Å². The van der Waals surface area contributed by atoms with Crippen molar-refractivity contribution in [2.45, 2.75) is 27.3 Å². The molecule has 0 radical (unpaired) electrons. The summed E-state index contributed by atoms with van der Waals surface area (Å²) in [4.78, 5) is 24.1. The zero-order valence-corrected chi connectivity index (χ0v) is 20.4. The summed E-state index contributed by atoms with van der Waals surface area (Å²) in [5, 5.41) is 21.5. The smallest absolute Gasteiger partial charge is 0.263 e. The van der Waals surface area contributed by atoms with E-state index in [0.717, 1.165) is 31.8 Å². The summed E-state index contributed by atoms with van der Waals surface area (Å²) in [6.45, 7) is 5.92. The lowest BCUT2D eigenvalue weighted by atomic mass is 9.99. The quantitative estimate of drug-likeness (QED) is 0.244. The van der Waals surface area contributed by atoms with Crippen molar-refractivity contribution in [3.8, 4) is 17.2 Å². The van der Waals surface area contributed by atoms with Crippen molar-refractivity contribution < 1.29 is 5.11 Å². The predicted molar refractivity (Wildman–Crippen MR) is 138 cm³/mol. The molecule has 3 heterocycles. The number of aliphatic hydroxyl groups is 1. The minimum atomic E-state index is -0.254. The van der Waals surface area contributed by atoms with E-state index in [1.165, 1.54) is 39.1 Å². The van der Waals surface area contributed by atoms with Crippen LogP contribution in [-0.4, -0.2) is 19.6 Å². The SMILES string of the molecule is Cc1ccc(-c2c(C)sc3ncn(C/C(O)=C(\C#N)c4nc5ccccc5s4)c(=O)c23)cc1C. The molecule has 0 unspecified atom stereocenters. The van der Waals surface area contributed by atoms with Crippen LogP contribution in [0.25, 0.3) is 37.1 Å². The Kier molecular flexibility index (Phi) is 5.52. The van der Waals surface area contributed by atoms with Crippen molar-refractivity contribution >= 4 is 48.7 Å². The minimum Gasteiger partial charge on any atom is -0.509 e. The van der Waals surface area contributed by atoms with Crippen LogP contribution in [0.1, 0.15) is 21.0 Å². The number of allylic oxidation sites excluding steroid dienone is 2. The molecule has 8 heteroatoms. The zero-order chi connectivity index (χ0) is 24.0. The van der Waals surface area contributed by atoms with Crippen molar-refractivity contribution in [2.24, 2.45) is 0 Å². The highest BCUT2D eigenvalue weighted by Crippen LogP contribution is 2.36. The number of hydrogen-bond donors (Lipinski definition) is 1. The molecule has 0 aliphatic rings. The fourth-order valence-electron chi connectivity index (χ4n) is 3.95. The van der Waals surface area contributed by atoms with Gasteiger partial charge in [-0.25, -0.2) is 9.97 Å². The monoisotopic (exact) mass is 484 g/mol. The number of aliphatic hydroxyl groups excluding tert-OH is 1. The number of para-hydroxylation sites is 1. The molecule has 0 saturated heterocycles. The van der Waals surface area contributed by atoms with E-state index in [-0.39, 0.29) is 23.4 Å². The van der Waals surface area contributed by atoms with E-state index in [9.17, 15) is 15.2 Å². The van der Waals surface area contributed by atoms with Gasteiger partial charge in [0.1, 0.15) is 27.2 Å². The topological polar surface area (TPSA) is 91.8 Å². The molecule has 1 N–H and O–H groups in total. The Morgan fingerprint density at radius 3 is 2.65 bits per heavy atom. The van der Waals surface area contributed by atoms with E-state index in [2.05, 4.69) is 29.0 Å². The maximum Gasteiger partial charge on any atom is 0.263 e. The van der Waals surface area contributed by atoms with Gasteiger partial charge in [-0.15, -0.1) is 22.7 Å². The Labute approximate surface area is 203 Å². The largest absolute Gasteiger partial charge is 0.509 e. The summed E-state index contributed by atoms with van der Waals surface area (Å²) in [6.07, 6.45) is 1.42. The maximum absolute atomic E-state index is 13.5. The third-order valence-corrected chi connectivity index (χ3v) is 7.95. The number of thiophene rings is 1. The van der Waals surface area contributed by atoms with Crippen LogP contribution < -0.4 is 5.56 Å². The normalized spacial score (nSPS) is 12.2. The molecule has 0 aliphatic heterocycles. The summed E-state index contributed by atoms with van der Waals surface area (Å²) < 4.78 is 2.27. The van der Waals surface area contributed by atoms with Crippen LogP contribution in [0, 0.1) is 32.1 Å². The fraction of sp³-hybridized carbons (Fsp3) is 0.154. The van der Waals surface area contributed by atoms with Crippen molar-refractivity contribution in [1.82, 2.24) is 14.5 Å². The predicted octanol–water partition coefficient (Wildman–Crippen LogP) is 6.15. The molecule has 5 aromatic rings. The van der Waals surface area contributed by atoms with Gasteiger partial charge in [0.2, 0.25) is 0 Å². The number of aryl methyl sites for hydroxylation is 3. The second-order valence-corrected chi connectivity index (χ2v) is 10.3. The molecule has 0 saturated carbocycles. The molecule has 5 rings (SSSR count). The standard InChI is InChI=1S/C26H20N4O2S2/c1-14-8-9-17(10-15(14)2)22-16(3)33-25-23(22)26(32)30(13-28-25)12-20(31)18(11-27)24-29-19-6-4-5-7-21(19)34-24/h4-10,13,31H,12H2,1-3H3/b20-18-. The molecular formula is C26H20N4O2S2. The minimum absolute atomic E-state index is 0.0593. The number of aromatic nitrogens is 3. The van der Waals surface area contributed by atoms with Crippen LogP contribution in [-0.2, 0) is 6.54 Å². The van der Waals surface area contributed by atoms with Gasteiger partial charge in [-0.05, 0) is 49.6 Å². The van der Waals surface area contributed by atoms with Crippen LogP contribution >= 0.6 is 22.7 Å². The Morgan fingerprint density at radius 1 is 1.12 bits per heavy atom. The number of fused-ring (bicyclic) bond motifs is 2. The van der Waals surface area contributed by atoms with E-state index in [1.54, 1.807) is 0 Å². The van der Waals surface area contributed by atoms with E-state index in [1.807, 2.05) is 50.2 Å². The Morgan fingerprint density at radius 2 is 1.91 bits per heavy atom. The number of nitriles is 1. The van der Waals surface area contributed by atoms with Gasteiger partial charge in [0, 0.05) is 10.4 Å². The molecule has 6 nitrogen and oxygen atoms in total. The van der Waals surface area contributed by atoms with Gasteiger partial charge in [0.05, 0.1) is 28.5 Å². The number of rotatable bonds is 4. The summed E-state index contributed by atoms with van der Waals surface area (Å²) in [7, 11) is 0. The summed E-state index contributed by atoms with van der Waals surface area (Å²) >= 11 is 2.80. The Balaban J connectivity index is 1.61. The van der Waals surface area contributed by atoms with Crippen LogP contribution in [0.15, 0.2) is 59.3 Å². The van der Waals surface area contributed by atoms with Gasteiger partial charge < -0.3 is 5.11 Å². The van der Waals surface area contributed by atoms with Crippen molar-refractivity contribution in [3.05, 3.63) is 85.9 Å². The summed E-state index contributed by atoms with van der Waals surface area (Å²) in [5.41, 5.74) is 4.73. The summed E-state index contributed by atoms with van der Waals surface area (Å²) in [5.74, 6) is -0.218. The average molecular weight is 485 g/mol. The highest BCUT2D eigenvalue weighted by Gasteiger charge is 2.19. The van der Waals surface area contributed by atoms with Crippen molar-refractivity contribution in [2.75, 3.05) is 0 Å². The third-order valence-electron chi connectivity index (χ3n) is 5.88. The highest BCUT2D eigenvalue weighted by atomic mass is 32.1. The third kappa shape index (κ3) is 3.69. The van der Waals surface area contributed by atoms with E-state index in [4.69, 9.17) is 0 Å². The first-order valence-corrected chi connectivity index (χ1v) is 12.2. The maximum atomic E-state index is 13.5. The first kappa shape index (κ1) is 22.0. The lowest BCUT2D eigenvalue weighted by Gasteiger charge is -2.08. The molecule has 168 valence electrons. The van der Waals surface area contributed by atoms with Crippen LogP contribution in [0.2, 0.25) is 0 Å².